The molecule has 3 N–H and O–H groups in total. The van der Waals surface area contributed by atoms with Crippen LogP contribution in [0.1, 0.15) is 44.1 Å². The van der Waals surface area contributed by atoms with Gasteiger partial charge in [0.2, 0.25) is 15.9 Å². The lowest BCUT2D eigenvalue weighted by Gasteiger charge is -2.22. The van der Waals surface area contributed by atoms with Crippen LogP contribution in [0, 0.1) is 11.3 Å². The Kier molecular flexibility index (Phi) is 4.47. The van der Waals surface area contributed by atoms with E-state index in [1.54, 1.807) is 12.1 Å². The average molecular weight is 336 g/mol. The van der Waals surface area contributed by atoms with Crippen molar-refractivity contribution in [2.75, 3.05) is 6.54 Å². The van der Waals surface area contributed by atoms with Crippen LogP contribution in [0.3, 0.4) is 0 Å². The third kappa shape index (κ3) is 3.75. The molecule has 1 amide bonds. The van der Waals surface area contributed by atoms with Gasteiger partial charge in [-0.1, -0.05) is 31.4 Å². The highest BCUT2D eigenvalue weighted by Crippen LogP contribution is 2.61. The number of sulfonamides is 1. The van der Waals surface area contributed by atoms with Crippen LogP contribution in [0.15, 0.2) is 29.2 Å². The molecule has 0 radical (unpaired) electrons. The summed E-state index contributed by atoms with van der Waals surface area (Å²) >= 11 is 0. The van der Waals surface area contributed by atoms with Crippen LogP contribution in [0.5, 0.6) is 0 Å². The van der Waals surface area contributed by atoms with E-state index in [2.05, 4.69) is 5.32 Å². The van der Waals surface area contributed by atoms with Gasteiger partial charge in [0.1, 0.15) is 0 Å². The molecule has 1 atom stereocenters. The number of carbonyl (C=O) groups excluding carboxylic acids is 1. The zero-order valence-electron chi connectivity index (χ0n) is 13.3. The van der Waals surface area contributed by atoms with Crippen molar-refractivity contribution in [3.8, 4) is 0 Å². The minimum atomic E-state index is -3.64. The third-order valence-corrected chi connectivity index (χ3v) is 6.25. The van der Waals surface area contributed by atoms with Crippen LogP contribution in [-0.2, 0) is 21.2 Å². The maximum Gasteiger partial charge on any atom is 0.238 e. The standard InChI is InChI=1S/C17H24N2O3S/c18-23(21,22)14-6-4-13(5-7-14)8-11-19-16(20)15-12-17(15)9-2-1-3-10-17/h4-7,15H,1-3,8-12H2,(H,19,20)(H2,18,21,22). The van der Waals surface area contributed by atoms with Gasteiger partial charge >= 0.3 is 0 Å². The van der Waals surface area contributed by atoms with Gasteiger partial charge < -0.3 is 5.32 Å². The van der Waals surface area contributed by atoms with Gasteiger partial charge in [-0.25, -0.2) is 13.6 Å². The first-order chi connectivity index (χ1) is 10.9. The molecule has 126 valence electrons. The van der Waals surface area contributed by atoms with Gasteiger partial charge in [0.05, 0.1) is 4.90 Å². The number of carbonyl (C=O) groups is 1. The second kappa shape index (κ2) is 6.24. The van der Waals surface area contributed by atoms with E-state index >= 15 is 0 Å². The van der Waals surface area contributed by atoms with Gasteiger partial charge in [-0.3, -0.25) is 4.79 Å². The highest BCUT2D eigenvalue weighted by atomic mass is 32.2. The molecule has 3 rings (SSSR count). The van der Waals surface area contributed by atoms with Crippen LogP contribution >= 0.6 is 0 Å². The molecule has 2 aliphatic carbocycles. The summed E-state index contributed by atoms with van der Waals surface area (Å²) in [4.78, 5) is 12.4. The van der Waals surface area contributed by atoms with Crippen molar-refractivity contribution < 1.29 is 13.2 Å². The van der Waals surface area contributed by atoms with Crippen molar-refractivity contribution in [1.29, 1.82) is 0 Å². The first-order valence-corrected chi connectivity index (χ1v) is 9.85. The molecule has 0 saturated heterocycles. The van der Waals surface area contributed by atoms with E-state index in [1.165, 1.54) is 44.2 Å². The molecule has 23 heavy (non-hydrogen) atoms. The lowest BCUT2D eigenvalue weighted by Crippen LogP contribution is -2.29. The van der Waals surface area contributed by atoms with E-state index in [-0.39, 0.29) is 16.7 Å². The van der Waals surface area contributed by atoms with E-state index < -0.39 is 10.0 Å². The minimum Gasteiger partial charge on any atom is -0.356 e. The Labute approximate surface area is 137 Å². The molecular formula is C17H24N2O3S. The zero-order chi connectivity index (χ0) is 16.5. The maximum atomic E-state index is 12.2. The predicted octanol–water partition coefficient (Wildman–Crippen LogP) is 1.96. The number of rotatable bonds is 5. The van der Waals surface area contributed by atoms with Gasteiger partial charge in [0.25, 0.3) is 0 Å². The van der Waals surface area contributed by atoms with Crippen molar-refractivity contribution in [2.45, 2.75) is 49.8 Å². The summed E-state index contributed by atoms with van der Waals surface area (Å²) in [6, 6.07) is 6.49. The average Bonchev–Trinajstić information content (AvgIpc) is 3.21. The molecule has 2 aliphatic rings. The number of hydrogen-bond acceptors (Lipinski definition) is 3. The third-order valence-electron chi connectivity index (χ3n) is 5.32. The Bertz CT molecular complexity index is 676. The highest BCUT2D eigenvalue weighted by molar-refractivity contribution is 7.89. The van der Waals surface area contributed by atoms with Gasteiger partial charge in [0, 0.05) is 12.5 Å². The SMILES string of the molecule is NS(=O)(=O)c1ccc(CCNC(=O)C2CC23CCCCC3)cc1. The number of nitrogens with one attached hydrogen (secondary N) is 1. The fraction of sp³-hybridized carbons (Fsp3) is 0.588. The molecule has 2 fully saturated rings. The Morgan fingerprint density at radius 1 is 1.17 bits per heavy atom. The lowest BCUT2D eigenvalue weighted by atomic mass is 9.84. The number of hydrogen-bond donors (Lipinski definition) is 2. The molecule has 5 nitrogen and oxygen atoms in total. The van der Waals surface area contributed by atoms with Gasteiger partial charge in [-0.2, -0.15) is 0 Å². The van der Waals surface area contributed by atoms with Crippen LogP contribution in [-0.4, -0.2) is 20.9 Å². The molecule has 0 heterocycles. The summed E-state index contributed by atoms with van der Waals surface area (Å²) < 4.78 is 22.4. The van der Waals surface area contributed by atoms with Gasteiger partial charge in [-0.05, 0) is 48.8 Å². The first kappa shape index (κ1) is 16.5. The lowest BCUT2D eigenvalue weighted by molar-refractivity contribution is -0.123. The van der Waals surface area contributed by atoms with Crippen LogP contribution in [0.2, 0.25) is 0 Å². The van der Waals surface area contributed by atoms with Crippen molar-refractivity contribution in [3.63, 3.8) is 0 Å². The Balaban J connectivity index is 1.46. The normalized spacial score (nSPS) is 22.7. The summed E-state index contributed by atoms with van der Waals surface area (Å²) in [6.07, 6.45) is 8.00. The summed E-state index contributed by atoms with van der Waals surface area (Å²) in [5.41, 5.74) is 1.31. The van der Waals surface area contributed by atoms with E-state index in [1.807, 2.05) is 0 Å². The quantitative estimate of drug-likeness (QED) is 0.861. The molecule has 1 unspecified atom stereocenters. The summed E-state index contributed by atoms with van der Waals surface area (Å²) in [7, 11) is -3.64. The topological polar surface area (TPSA) is 89.3 Å². The fourth-order valence-electron chi connectivity index (χ4n) is 3.83. The van der Waals surface area contributed by atoms with E-state index in [0.717, 1.165) is 12.0 Å². The molecule has 0 aliphatic heterocycles. The molecule has 2 saturated carbocycles. The second-order valence-electron chi connectivity index (χ2n) is 6.91. The summed E-state index contributed by atoms with van der Waals surface area (Å²) in [5.74, 6) is 0.403. The molecule has 1 spiro atoms. The first-order valence-electron chi connectivity index (χ1n) is 8.30. The number of amides is 1. The zero-order valence-corrected chi connectivity index (χ0v) is 14.1. The number of nitrogens with two attached hydrogens (primary N) is 1. The number of primary sulfonamides is 1. The van der Waals surface area contributed by atoms with Crippen molar-refractivity contribution in [1.82, 2.24) is 5.32 Å². The Morgan fingerprint density at radius 3 is 2.43 bits per heavy atom. The monoisotopic (exact) mass is 336 g/mol. The van der Waals surface area contributed by atoms with Crippen molar-refractivity contribution >= 4 is 15.9 Å². The smallest absolute Gasteiger partial charge is 0.238 e. The van der Waals surface area contributed by atoms with E-state index in [9.17, 15) is 13.2 Å². The second-order valence-corrected chi connectivity index (χ2v) is 8.47. The Hall–Kier alpha value is -1.40. The molecular weight excluding hydrogens is 312 g/mol. The molecule has 1 aromatic carbocycles. The molecule has 0 aromatic heterocycles. The Morgan fingerprint density at radius 2 is 1.83 bits per heavy atom. The van der Waals surface area contributed by atoms with Crippen molar-refractivity contribution in [3.05, 3.63) is 29.8 Å². The predicted molar refractivity (Wildman–Crippen MR) is 88.2 cm³/mol. The minimum absolute atomic E-state index is 0.113. The van der Waals surface area contributed by atoms with E-state index in [0.29, 0.717) is 18.4 Å². The molecule has 0 bridgehead atoms. The van der Waals surface area contributed by atoms with Gasteiger partial charge in [0.15, 0.2) is 0 Å². The van der Waals surface area contributed by atoms with Crippen LogP contribution in [0.4, 0.5) is 0 Å². The fourth-order valence-corrected chi connectivity index (χ4v) is 4.34. The van der Waals surface area contributed by atoms with Crippen molar-refractivity contribution in [2.24, 2.45) is 16.5 Å². The summed E-state index contributed by atoms with van der Waals surface area (Å²) in [5, 5.41) is 8.10. The number of benzene rings is 1. The maximum absolute atomic E-state index is 12.2. The largest absolute Gasteiger partial charge is 0.356 e. The highest BCUT2D eigenvalue weighted by Gasteiger charge is 2.57. The van der Waals surface area contributed by atoms with Crippen LogP contribution < -0.4 is 10.5 Å². The summed E-state index contributed by atoms with van der Waals surface area (Å²) in [6.45, 7) is 0.583. The van der Waals surface area contributed by atoms with Gasteiger partial charge in [-0.15, -0.1) is 0 Å². The van der Waals surface area contributed by atoms with E-state index in [4.69, 9.17) is 5.14 Å². The molecule has 6 heteroatoms. The molecule has 1 aromatic rings. The van der Waals surface area contributed by atoms with Crippen LogP contribution in [0.25, 0.3) is 0 Å².